The molecule has 2 fully saturated rings. The van der Waals surface area contributed by atoms with Gasteiger partial charge in [-0.15, -0.1) is 0 Å². The van der Waals surface area contributed by atoms with E-state index < -0.39 is 6.09 Å². The van der Waals surface area contributed by atoms with Gasteiger partial charge in [0.25, 0.3) is 0 Å². The van der Waals surface area contributed by atoms with E-state index in [1.807, 2.05) is 47.9 Å². The smallest absolute Gasteiger partial charge is 0.407 e. The van der Waals surface area contributed by atoms with Gasteiger partial charge in [-0.1, -0.05) is 11.6 Å². The van der Waals surface area contributed by atoms with Crippen molar-refractivity contribution in [3.63, 3.8) is 0 Å². The zero-order valence-corrected chi connectivity index (χ0v) is 19.1. The molecule has 0 aliphatic carbocycles. The Morgan fingerprint density at radius 2 is 2.12 bits per heavy atom. The van der Waals surface area contributed by atoms with Gasteiger partial charge in [0.05, 0.1) is 35.7 Å². The maximum Gasteiger partial charge on any atom is 0.407 e. The van der Waals surface area contributed by atoms with Crippen molar-refractivity contribution in [2.24, 2.45) is 0 Å². The van der Waals surface area contributed by atoms with E-state index in [0.29, 0.717) is 44.1 Å². The molecule has 2 aromatic heterocycles. The van der Waals surface area contributed by atoms with Crippen LogP contribution in [0.3, 0.4) is 0 Å². The third kappa shape index (κ3) is 4.16. The molecular weight excluding hydrogens is 444 g/mol. The van der Waals surface area contributed by atoms with Crippen molar-refractivity contribution in [1.82, 2.24) is 14.3 Å². The molecule has 1 aromatic carbocycles. The molecule has 0 saturated carbocycles. The van der Waals surface area contributed by atoms with E-state index in [4.69, 9.17) is 21.3 Å². The summed E-state index contributed by atoms with van der Waals surface area (Å²) in [6, 6.07) is 9.65. The molecule has 172 valence electrons. The molecule has 8 nitrogen and oxygen atoms in total. The van der Waals surface area contributed by atoms with Crippen LogP contribution in [0, 0.1) is 6.92 Å². The summed E-state index contributed by atoms with van der Waals surface area (Å²) < 4.78 is 7.91. The van der Waals surface area contributed by atoms with Gasteiger partial charge in [0.2, 0.25) is 5.91 Å². The number of rotatable bonds is 4. The van der Waals surface area contributed by atoms with Gasteiger partial charge < -0.3 is 24.0 Å². The molecule has 1 atom stereocenters. The Hall–Kier alpha value is -3.10. The van der Waals surface area contributed by atoms with Crippen molar-refractivity contribution < 1.29 is 19.4 Å². The topological polar surface area (TPSA) is 87.4 Å². The largest absolute Gasteiger partial charge is 0.465 e. The van der Waals surface area contributed by atoms with Crippen LogP contribution in [0.4, 0.5) is 10.5 Å². The summed E-state index contributed by atoms with van der Waals surface area (Å²) in [5.74, 6) is 0.111. The Morgan fingerprint density at radius 3 is 2.85 bits per heavy atom. The molecule has 33 heavy (non-hydrogen) atoms. The minimum Gasteiger partial charge on any atom is -0.465 e. The lowest BCUT2D eigenvalue weighted by Crippen LogP contribution is -2.45. The lowest BCUT2D eigenvalue weighted by Gasteiger charge is -2.31. The summed E-state index contributed by atoms with van der Waals surface area (Å²) in [5.41, 5.74) is 5.09. The maximum atomic E-state index is 12.1. The lowest BCUT2D eigenvalue weighted by atomic mass is 10.0. The van der Waals surface area contributed by atoms with Gasteiger partial charge in [0.1, 0.15) is 5.65 Å². The first-order chi connectivity index (χ1) is 15.9. The lowest BCUT2D eigenvalue weighted by molar-refractivity contribution is -0.117. The quantitative estimate of drug-likeness (QED) is 0.625. The number of anilines is 1. The van der Waals surface area contributed by atoms with Gasteiger partial charge in [-0.05, 0) is 49.2 Å². The number of halogens is 1. The average Bonchev–Trinajstić information content (AvgIpc) is 3.37. The SMILES string of the molecule is Cc1ccn2c(C[C@H]3CN(C(=O)O)CCO3)c(-c3ccc(N4CCCC4=O)cc3Cl)nc2c1. The first-order valence-electron chi connectivity index (χ1n) is 11.1. The second kappa shape index (κ2) is 8.68. The van der Waals surface area contributed by atoms with Gasteiger partial charge in [0.15, 0.2) is 0 Å². The maximum absolute atomic E-state index is 12.1. The second-order valence-electron chi connectivity index (χ2n) is 8.58. The highest BCUT2D eigenvalue weighted by Crippen LogP contribution is 2.35. The molecule has 3 aromatic rings. The fourth-order valence-electron chi connectivity index (χ4n) is 4.63. The number of imidazole rings is 1. The first kappa shape index (κ1) is 21.7. The van der Waals surface area contributed by atoms with Gasteiger partial charge in [-0.25, -0.2) is 9.78 Å². The molecule has 2 aliphatic heterocycles. The van der Waals surface area contributed by atoms with E-state index in [2.05, 4.69) is 0 Å². The standard InChI is InChI=1S/C24H25ClN4O4/c1-15-6-8-29-20(13-17-14-27(24(31)32)9-10-33-17)23(26-21(29)11-15)18-5-4-16(12-19(18)25)28-7-2-3-22(28)30/h4-6,8,11-12,17H,2-3,7,9-10,13-14H2,1H3,(H,31,32)/t17-/m0/s1. The molecule has 5 rings (SSSR count). The number of hydrogen-bond donors (Lipinski definition) is 1. The zero-order valence-electron chi connectivity index (χ0n) is 18.3. The molecule has 9 heteroatoms. The number of nitrogens with zero attached hydrogens (tertiary/aromatic N) is 4. The zero-order chi connectivity index (χ0) is 23.1. The van der Waals surface area contributed by atoms with Crippen molar-refractivity contribution >= 4 is 34.9 Å². The highest BCUT2D eigenvalue weighted by molar-refractivity contribution is 6.33. The van der Waals surface area contributed by atoms with Gasteiger partial charge in [0, 0.05) is 43.4 Å². The van der Waals surface area contributed by atoms with Crippen LogP contribution in [0.15, 0.2) is 36.5 Å². The molecule has 2 saturated heterocycles. The van der Waals surface area contributed by atoms with E-state index in [0.717, 1.165) is 40.3 Å². The third-order valence-electron chi connectivity index (χ3n) is 6.30. The van der Waals surface area contributed by atoms with Crippen LogP contribution < -0.4 is 4.90 Å². The predicted molar refractivity (Wildman–Crippen MR) is 125 cm³/mol. The Kier molecular flexibility index (Phi) is 5.72. The Bertz CT molecular complexity index is 1240. The minimum absolute atomic E-state index is 0.111. The van der Waals surface area contributed by atoms with Crippen LogP contribution in [0.1, 0.15) is 24.1 Å². The summed E-state index contributed by atoms with van der Waals surface area (Å²) in [7, 11) is 0. The third-order valence-corrected chi connectivity index (χ3v) is 6.62. The summed E-state index contributed by atoms with van der Waals surface area (Å²) in [6.45, 7) is 3.75. The Morgan fingerprint density at radius 1 is 1.27 bits per heavy atom. The second-order valence-corrected chi connectivity index (χ2v) is 8.99. The summed E-state index contributed by atoms with van der Waals surface area (Å²) in [5, 5.41) is 9.91. The van der Waals surface area contributed by atoms with Gasteiger partial charge in [-0.2, -0.15) is 0 Å². The Labute approximate surface area is 196 Å². The van der Waals surface area contributed by atoms with Crippen molar-refractivity contribution in [2.75, 3.05) is 31.1 Å². The average molecular weight is 469 g/mol. The number of amides is 2. The number of carbonyl (C=O) groups excluding carboxylic acids is 1. The van der Waals surface area contributed by atoms with Crippen molar-refractivity contribution in [3.8, 4) is 11.3 Å². The monoisotopic (exact) mass is 468 g/mol. The molecule has 0 radical (unpaired) electrons. The van der Waals surface area contributed by atoms with E-state index in [-0.39, 0.29) is 12.0 Å². The molecule has 2 amide bonds. The fourth-order valence-corrected chi connectivity index (χ4v) is 4.89. The number of pyridine rings is 1. The van der Waals surface area contributed by atoms with E-state index in [9.17, 15) is 14.7 Å². The van der Waals surface area contributed by atoms with Gasteiger partial charge in [-0.3, -0.25) is 4.79 Å². The normalized spacial score (nSPS) is 19.0. The van der Waals surface area contributed by atoms with E-state index >= 15 is 0 Å². The number of carboxylic acid groups (broad SMARTS) is 1. The highest BCUT2D eigenvalue weighted by Gasteiger charge is 2.28. The van der Waals surface area contributed by atoms with Crippen molar-refractivity contribution in [3.05, 3.63) is 52.8 Å². The van der Waals surface area contributed by atoms with Crippen molar-refractivity contribution in [2.45, 2.75) is 32.3 Å². The molecule has 1 N–H and O–H groups in total. The first-order valence-corrected chi connectivity index (χ1v) is 11.5. The van der Waals surface area contributed by atoms with Crippen LogP contribution >= 0.6 is 11.6 Å². The van der Waals surface area contributed by atoms with E-state index in [1.165, 1.54) is 4.90 Å². The number of ether oxygens (including phenoxy) is 1. The van der Waals surface area contributed by atoms with Crippen molar-refractivity contribution in [1.29, 1.82) is 0 Å². The number of hydrogen-bond acceptors (Lipinski definition) is 4. The molecular formula is C24H25ClN4O4. The number of morpholine rings is 1. The summed E-state index contributed by atoms with van der Waals surface area (Å²) in [6.07, 6.45) is 2.65. The summed E-state index contributed by atoms with van der Waals surface area (Å²) in [4.78, 5) is 31.6. The minimum atomic E-state index is -0.938. The van der Waals surface area contributed by atoms with Gasteiger partial charge >= 0.3 is 6.09 Å². The fraction of sp³-hybridized carbons (Fsp3) is 0.375. The van der Waals surface area contributed by atoms with Crippen LogP contribution in [0.2, 0.25) is 5.02 Å². The summed E-state index contributed by atoms with van der Waals surface area (Å²) >= 11 is 6.72. The highest BCUT2D eigenvalue weighted by atomic mass is 35.5. The predicted octanol–water partition coefficient (Wildman–Crippen LogP) is 4.01. The molecule has 0 bridgehead atoms. The molecule has 4 heterocycles. The molecule has 2 aliphatic rings. The number of benzene rings is 1. The number of aromatic nitrogens is 2. The number of fused-ring (bicyclic) bond motifs is 1. The van der Waals surface area contributed by atoms with Crippen LogP contribution in [0.5, 0.6) is 0 Å². The number of aryl methyl sites for hydroxylation is 1. The number of carbonyl (C=O) groups is 2. The van der Waals surface area contributed by atoms with Crippen LogP contribution in [-0.4, -0.2) is 63.7 Å². The van der Waals surface area contributed by atoms with Crippen LogP contribution in [0.25, 0.3) is 16.9 Å². The van der Waals surface area contributed by atoms with Crippen LogP contribution in [-0.2, 0) is 16.0 Å². The molecule has 0 unspecified atom stereocenters. The molecule has 0 spiro atoms. The Balaban J connectivity index is 1.54. The van der Waals surface area contributed by atoms with E-state index in [1.54, 1.807) is 4.90 Å².